The molecule has 0 amide bonds. The minimum absolute atomic E-state index is 0.00185. The molecular formula is C12H13NO7. The van der Waals surface area contributed by atoms with Gasteiger partial charge < -0.3 is 14.9 Å². The maximum Gasteiger partial charge on any atom is 0.308 e. The van der Waals surface area contributed by atoms with Crippen molar-refractivity contribution in [2.24, 2.45) is 0 Å². The predicted molar refractivity (Wildman–Crippen MR) is 66.1 cm³/mol. The summed E-state index contributed by atoms with van der Waals surface area (Å²) in [6.45, 7) is 0. The molecule has 8 nitrogen and oxygen atoms in total. The van der Waals surface area contributed by atoms with Crippen LogP contribution in [0.4, 0.5) is 5.69 Å². The van der Waals surface area contributed by atoms with Gasteiger partial charge in [0, 0.05) is 17.7 Å². The van der Waals surface area contributed by atoms with Gasteiger partial charge in [-0.3, -0.25) is 19.7 Å². The van der Waals surface area contributed by atoms with Crippen LogP contribution in [0, 0.1) is 10.1 Å². The molecule has 2 atom stereocenters. The number of rotatable bonds is 6. The van der Waals surface area contributed by atoms with Crippen LogP contribution in [0.2, 0.25) is 0 Å². The van der Waals surface area contributed by atoms with Gasteiger partial charge in [-0.2, -0.15) is 0 Å². The van der Waals surface area contributed by atoms with Crippen LogP contribution in [-0.2, 0) is 9.53 Å². The Hall–Kier alpha value is -2.32. The summed E-state index contributed by atoms with van der Waals surface area (Å²) in [5.74, 6) is -0.730. The summed E-state index contributed by atoms with van der Waals surface area (Å²) in [5, 5.41) is 30.1. The number of carbonyl (C=O) groups is 2. The van der Waals surface area contributed by atoms with E-state index in [9.17, 15) is 29.9 Å². The zero-order valence-electron chi connectivity index (χ0n) is 10.6. The van der Waals surface area contributed by atoms with Crippen molar-refractivity contribution in [3.05, 3.63) is 39.4 Å². The normalized spacial score (nSPS) is 13.3. The van der Waals surface area contributed by atoms with E-state index >= 15 is 0 Å². The summed E-state index contributed by atoms with van der Waals surface area (Å²) in [4.78, 5) is 31.8. The Morgan fingerprint density at radius 1 is 1.50 bits per heavy atom. The SMILES string of the molecule is COC(=O)CC(O)C(O)c1ccc([N+](=O)[O-])cc1C=O. The number of aldehydes is 1. The number of ether oxygens (including phenoxy) is 1. The number of methoxy groups -OCH3 is 1. The van der Waals surface area contributed by atoms with E-state index in [1.807, 2.05) is 0 Å². The van der Waals surface area contributed by atoms with Crippen LogP contribution in [0.3, 0.4) is 0 Å². The fourth-order valence-electron chi connectivity index (χ4n) is 1.62. The standard InChI is InChI=1S/C12H13NO7/c1-20-11(16)5-10(15)12(17)9-3-2-8(13(18)19)4-7(9)6-14/h2-4,6,10,12,15,17H,5H2,1H3. The number of esters is 1. The highest BCUT2D eigenvalue weighted by atomic mass is 16.6. The molecule has 0 saturated carbocycles. The molecule has 20 heavy (non-hydrogen) atoms. The summed E-state index contributed by atoms with van der Waals surface area (Å²) in [5.41, 5.74) is -0.442. The van der Waals surface area contributed by atoms with Crippen molar-refractivity contribution in [3.63, 3.8) is 0 Å². The number of non-ortho nitro benzene ring substituents is 1. The minimum atomic E-state index is -1.53. The number of carbonyl (C=O) groups excluding carboxylic acids is 2. The highest BCUT2D eigenvalue weighted by Crippen LogP contribution is 2.25. The molecule has 0 bridgehead atoms. The van der Waals surface area contributed by atoms with E-state index in [2.05, 4.69) is 4.74 Å². The quantitative estimate of drug-likeness (QED) is 0.334. The third kappa shape index (κ3) is 3.59. The van der Waals surface area contributed by atoms with Gasteiger partial charge in [-0.15, -0.1) is 0 Å². The molecule has 0 aliphatic heterocycles. The van der Waals surface area contributed by atoms with Crippen molar-refractivity contribution in [1.29, 1.82) is 0 Å². The van der Waals surface area contributed by atoms with E-state index in [0.717, 1.165) is 25.3 Å². The first kappa shape index (κ1) is 15.7. The molecule has 1 rings (SSSR count). The Kier molecular flexibility index (Phi) is 5.30. The number of benzene rings is 1. The lowest BCUT2D eigenvalue weighted by Gasteiger charge is -2.18. The summed E-state index contributed by atoms with van der Waals surface area (Å²) in [6.07, 6.45) is -3.15. The second kappa shape index (κ2) is 6.73. The lowest BCUT2D eigenvalue weighted by atomic mass is 9.97. The number of nitrogens with zero attached hydrogens (tertiary/aromatic N) is 1. The largest absolute Gasteiger partial charge is 0.469 e. The van der Waals surface area contributed by atoms with Crippen molar-refractivity contribution in [3.8, 4) is 0 Å². The third-order valence-corrected chi connectivity index (χ3v) is 2.69. The first-order valence-corrected chi connectivity index (χ1v) is 5.57. The Morgan fingerprint density at radius 2 is 2.15 bits per heavy atom. The summed E-state index contributed by atoms with van der Waals surface area (Å²) >= 11 is 0. The number of hydrogen-bond donors (Lipinski definition) is 2. The number of aliphatic hydroxyl groups excluding tert-OH is 2. The van der Waals surface area contributed by atoms with Crippen molar-refractivity contribution in [2.45, 2.75) is 18.6 Å². The Morgan fingerprint density at radius 3 is 2.65 bits per heavy atom. The van der Waals surface area contributed by atoms with E-state index in [4.69, 9.17) is 0 Å². The summed E-state index contributed by atoms with van der Waals surface area (Å²) in [6, 6.07) is 3.24. The topological polar surface area (TPSA) is 127 Å². The van der Waals surface area contributed by atoms with Gasteiger partial charge in [0.25, 0.3) is 5.69 Å². The van der Waals surface area contributed by atoms with Crippen LogP contribution >= 0.6 is 0 Å². The average molecular weight is 283 g/mol. The third-order valence-electron chi connectivity index (χ3n) is 2.69. The van der Waals surface area contributed by atoms with Gasteiger partial charge in [0.15, 0.2) is 6.29 Å². The van der Waals surface area contributed by atoms with E-state index in [0.29, 0.717) is 6.29 Å². The number of hydrogen-bond acceptors (Lipinski definition) is 7. The molecule has 0 aliphatic carbocycles. The fourth-order valence-corrected chi connectivity index (χ4v) is 1.62. The molecule has 2 unspecified atom stereocenters. The Balaban J connectivity index is 3.03. The molecule has 0 heterocycles. The lowest BCUT2D eigenvalue weighted by Crippen LogP contribution is -2.23. The molecule has 0 radical (unpaired) electrons. The van der Waals surface area contributed by atoms with Crippen molar-refractivity contribution in [1.82, 2.24) is 0 Å². The first-order valence-electron chi connectivity index (χ1n) is 5.57. The van der Waals surface area contributed by atoms with Gasteiger partial charge in [-0.05, 0) is 11.6 Å². The number of nitro benzene ring substituents is 1. The van der Waals surface area contributed by atoms with E-state index in [1.54, 1.807) is 0 Å². The molecule has 0 aromatic heterocycles. The maximum absolute atomic E-state index is 11.0. The second-order valence-corrected chi connectivity index (χ2v) is 3.98. The number of nitro groups is 1. The van der Waals surface area contributed by atoms with Gasteiger partial charge in [0.1, 0.15) is 6.10 Å². The van der Waals surface area contributed by atoms with Crippen LogP contribution in [0.15, 0.2) is 18.2 Å². The van der Waals surface area contributed by atoms with Gasteiger partial charge in [0.2, 0.25) is 0 Å². The average Bonchev–Trinajstić information content (AvgIpc) is 2.45. The maximum atomic E-state index is 11.0. The van der Waals surface area contributed by atoms with Gasteiger partial charge in [0.05, 0.1) is 24.6 Å². The van der Waals surface area contributed by atoms with Crippen molar-refractivity contribution >= 4 is 17.9 Å². The number of aliphatic hydroxyl groups is 2. The second-order valence-electron chi connectivity index (χ2n) is 3.98. The minimum Gasteiger partial charge on any atom is -0.469 e. The highest BCUT2D eigenvalue weighted by Gasteiger charge is 2.25. The lowest BCUT2D eigenvalue weighted by molar-refractivity contribution is -0.384. The Bertz CT molecular complexity index is 529. The molecule has 0 fully saturated rings. The Labute approximate surface area is 113 Å². The molecule has 0 spiro atoms. The molecule has 108 valence electrons. The van der Waals surface area contributed by atoms with Crippen LogP contribution in [0.5, 0.6) is 0 Å². The van der Waals surface area contributed by atoms with Gasteiger partial charge >= 0.3 is 5.97 Å². The molecule has 0 saturated heterocycles. The highest BCUT2D eigenvalue weighted by molar-refractivity contribution is 5.79. The molecule has 1 aromatic rings. The van der Waals surface area contributed by atoms with Crippen LogP contribution in [0.25, 0.3) is 0 Å². The van der Waals surface area contributed by atoms with E-state index < -0.39 is 29.5 Å². The fraction of sp³-hybridized carbons (Fsp3) is 0.333. The van der Waals surface area contributed by atoms with Crippen LogP contribution in [-0.4, -0.2) is 40.6 Å². The first-order chi connectivity index (χ1) is 9.40. The monoisotopic (exact) mass is 283 g/mol. The molecule has 0 aliphatic rings. The van der Waals surface area contributed by atoms with Crippen LogP contribution in [0.1, 0.15) is 28.4 Å². The van der Waals surface area contributed by atoms with E-state index in [-0.39, 0.29) is 16.8 Å². The summed E-state index contributed by atoms with van der Waals surface area (Å²) in [7, 11) is 1.13. The van der Waals surface area contributed by atoms with Gasteiger partial charge in [-0.1, -0.05) is 0 Å². The smallest absolute Gasteiger partial charge is 0.308 e. The summed E-state index contributed by atoms with van der Waals surface area (Å²) < 4.78 is 4.35. The van der Waals surface area contributed by atoms with Gasteiger partial charge in [-0.25, -0.2) is 0 Å². The van der Waals surface area contributed by atoms with Crippen molar-refractivity contribution in [2.75, 3.05) is 7.11 Å². The van der Waals surface area contributed by atoms with E-state index in [1.165, 1.54) is 0 Å². The molecule has 8 heteroatoms. The predicted octanol–water partition coefficient (Wildman–Crippen LogP) is 0.365. The molecule has 2 N–H and O–H groups in total. The molecular weight excluding hydrogens is 270 g/mol. The van der Waals surface area contributed by atoms with Crippen molar-refractivity contribution < 1.29 is 29.5 Å². The molecule has 1 aromatic carbocycles. The zero-order valence-corrected chi connectivity index (χ0v) is 10.6. The van der Waals surface area contributed by atoms with Crippen LogP contribution < -0.4 is 0 Å². The zero-order chi connectivity index (χ0) is 15.3.